The molecule has 2 aromatic rings. The van der Waals surface area contributed by atoms with Gasteiger partial charge in [0.1, 0.15) is 5.75 Å². The topological polar surface area (TPSA) is 78.6 Å². The van der Waals surface area contributed by atoms with Crippen LogP contribution in [-0.4, -0.2) is 40.5 Å². The predicted octanol–water partition coefficient (Wildman–Crippen LogP) is 2.92. The lowest BCUT2D eigenvalue weighted by Crippen LogP contribution is -2.29. The van der Waals surface area contributed by atoms with Crippen molar-refractivity contribution in [1.29, 1.82) is 0 Å². The minimum atomic E-state index is -3.54. The summed E-state index contributed by atoms with van der Waals surface area (Å²) < 4.78 is 37.7. The molecule has 146 valence electrons. The Morgan fingerprint density at radius 3 is 2.22 bits per heavy atom. The van der Waals surface area contributed by atoms with Crippen molar-refractivity contribution in [3.05, 3.63) is 59.7 Å². The Morgan fingerprint density at radius 2 is 1.70 bits per heavy atom. The molecular weight excluding hydrogens is 362 g/mol. The first kappa shape index (κ1) is 19.9. The van der Waals surface area contributed by atoms with Crippen LogP contribution in [0.2, 0.25) is 0 Å². The Balaban J connectivity index is 2.02. The average molecular weight is 390 g/mol. The molecule has 0 spiro atoms. The summed E-state index contributed by atoms with van der Waals surface area (Å²) in [6, 6.07) is 14.5. The van der Waals surface area contributed by atoms with Gasteiger partial charge in [0.05, 0.1) is 23.9 Å². The van der Waals surface area contributed by atoms with E-state index in [9.17, 15) is 8.42 Å². The zero-order valence-electron chi connectivity index (χ0n) is 16.0. The summed E-state index contributed by atoms with van der Waals surface area (Å²) >= 11 is 0. The maximum absolute atomic E-state index is 13.4. The third-order valence-corrected chi connectivity index (χ3v) is 7.83. The summed E-state index contributed by atoms with van der Waals surface area (Å²) in [7, 11) is -1.93. The van der Waals surface area contributed by atoms with Gasteiger partial charge in [-0.2, -0.15) is 0 Å². The van der Waals surface area contributed by atoms with Crippen LogP contribution in [0.5, 0.6) is 5.75 Å². The van der Waals surface area contributed by atoms with Crippen LogP contribution >= 0.6 is 0 Å². The highest BCUT2D eigenvalue weighted by molar-refractivity contribution is 7.92. The molecular formula is C21H27NO4S. The molecule has 3 atom stereocenters. The first-order chi connectivity index (χ1) is 12.9. The van der Waals surface area contributed by atoms with Gasteiger partial charge in [-0.25, -0.2) is 8.42 Å². The highest BCUT2D eigenvalue weighted by atomic mass is 32.2. The summed E-state index contributed by atoms with van der Waals surface area (Å²) in [5.74, 6) is 0.534. The van der Waals surface area contributed by atoms with E-state index in [1.807, 2.05) is 50.2 Å². The van der Waals surface area contributed by atoms with Crippen molar-refractivity contribution in [3.63, 3.8) is 0 Å². The molecule has 0 heterocycles. The van der Waals surface area contributed by atoms with Gasteiger partial charge in [-0.1, -0.05) is 29.8 Å². The standard InChI is InChI=1S/C21H27NO4S/c1-4-26-14-21(13-22)19(16-7-9-17(25-3)10-8-16)20(21)27(23,24)18-11-5-15(2)6-12-18/h5-12,19-20H,4,13-14,22H2,1-3H3/t19-,20-,21-/m0/s1. The lowest BCUT2D eigenvalue weighted by Gasteiger charge is -2.16. The van der Waals surface area contributed by atoms with E-state index in [4.69, 9.17) is 15.2 Å². The Kier molecular flexibility index (Phi) is 5.60. The maximum atomic E-state index is 13.4. The van der Waals surface area contributed by atoms with E-state index in [1.54, 1.807) is 19.2 Å². The van der Waals surface area contributed by atoms with E-state index in [0.29, 0.717) is 18.1 Å². The van der Waals surface area contributed by atoms with Gasteiger partial charge in [0.15, 0.2) is 9.84 Å². The number of hydrogen-bond acceptors (Lipinski definition) is 5. The van der Waals surface area contributed by atoms with E-state index in [1.165, 1.54) is 0 Å². The smallest absolute Gasteiger partial charge is 0.182 e. The molecule has 1 aliphatic carbocycles. The normalized spacial score (nSPS) is 24.6. The minimum Gasteiger partial charge on any atom is -0.497 e. The molecule has 0 bridgehead atoms. The second-order valence-electron chi connectivity index (χ2n) is 7.10. The van der Waals surface area contributed by atoms with E-state index in [-0.39, 0.29) is 12.5 Å². The van der Waals surface area contributed by atoms with Crippen LogP contribution in [0.3, 0.4) is 0 Å². The van der Waals surface area contributed by atoms with Crippen molar-refractivity contribution in [2.75, 3.05) is 26.9 Å². The summed E-state index contributed by atoms with van der Waals surface area (Å²) in [5.41, 5.74) is 7.47. The van der Waals surface area contributed by atoms with Crippen molar-refractivity contribution >= 4 is 9.84 Å². The molecule has 0 aromatic heterocycles. The second-order valence-corrected chi connectivity index (χ2v) is 9.17. The molecule has 2 N–H and O–H groups in total. The molecule has 0 aliphatic heterocycles. The SMILES string of the molecule is CCOC[C@@]1(CN)[C@@H](c2ccc(OC)cc2)[C@@H]1S(=O)(=O)c1ccc(C)cc1. The number of aryl methyl sites for hydroxylation is 1. The van der Waals surface area contributed by atoms with Crippen LogP contribution in [0.4, 0.5) is 0 Å². The van der Waals surface area contributed by atoms with Gasteiger partial charge in [0.2, 0.25) is 0 Å². The summed E-state index contributed by atoms with van der Waals surface area (Å²) in [5, 5.41) is -0.599. The van der Waals surface area contributed by atoms with Crippen LogP contribution < -0.4 is 10.5 Å². The number of sulfone groups is 1. The molecule has 5 nitrogen and oxygen atoms in total. The third kappa shape index (κ3) is 3.49. The number of rotatable bonds is 8. The van der Waals surface area contributed by atoms with Gasteiger partial charge in [-0.3, -0.25) is 0 Å². The van der Waals surface area contributed by atoms with Gasteiger partial charge in [0, 0.05) is 24.5 Å². The van der Waals surface area contributed by atoms with Gasteiger partial charge in [-0.15, -0.1) is 0 Å². The van der Waals surface area contributed by atoms with Crippen molar-refractivity contribution < 1.29 is 17.9 Å². The second kappa shape index (κ2) is 7.62. The zero-order valence-corrected chi connectivity index (χ0v) is 16.8. The number of methoxy groups -OCH3 is 1. The third-order valence-electron chi connectivity index (χ3n) is 5.49. The van der Waals surface area contributed by atoms with Gasteiger partial charge >= 0.3 is 0 Å². The van der Waals surface area contributed by atoms with Crippen LogP contribution in [0.1, 0.15) is 24.0 Å². The first-order valence-electron chi connectivity index (χ1n) is 9.13. The maximum Gasteiger partial charge on any atom is 0.182 e. The lowest BCUT2D eigenvalue weighted by atomic mass is 10.00. The Labute approximate surface area is 161 Å². The average Bonchev–Trinajstić information content (AvgIpc) is 3.37. The van der Waals surface area contributed by atoms with Crippen LogP contribution in [0.25, 0.3) is 0 Å². The Hall–Kier alpha value is -1.89. The van der Waals surface area contributed by atoms with Gasteiger partial charge in [-0.05, 0) is 43.7 Å². The molecule has 6 heteroatoms. The van der Waals surface area contributed by atoms with E-state index in [2.05, 4.69) is 0 Å². The van der Waals surface area contributed by atoms with Crippen molar-refractivity contribution in [1.82, 2.24) is 0 Å². The van der Waals surface area contributed by atoms with E-state index >= 15 is 0 Å². The Morgan fingerprint density at radius 1 is 1.07 bits per heavy atom. The molecule has 1 aliphatic rings. The highest BCUT2D eigenvalue weighted by Gasteiger charge is 2.70. The molecule has 0 saturated heterocycles. The highest BCUT2D eigenvalue weighted by Crippen LogP contribution is 2.63. The summed E-state index contributed by atoms with van der Waals surface area (Å²) in [6.45, 7) is 4.94. The van der Waals surface area contributed by atoms with Crippen molar-refractivity contribution in [2.24, 2.45) is 11.1 Å². The zero-order chi connectivity index (χ0) is 19.7. The quantitative estimate of drug-likeness (QED) is 0.751. The van der Waals surface area contributed by atoms with Gasteiger partial charge < -0.3 is 15.2 Å². The fraction of sp³-hybridized carbons (Fsp3) is 0.429. The summed E-state index contributed by atoms with van der Waals surface area (Å²) in [6.07, 6.45) is 0. The lowest BCUT2D eigenvalue weighted by molar-refractivity contribution is 0.101. The number of nitrogens with two attached hydrogens (primary N) is 1. The van der Waals surface area contributed by atoms with Crippen molar-refractivity contribution in [2.45, 2.75) is 29.9 Å². The Bertz CT molecular complexity index is 877. The van der Waals surface area contributed by atoms with Crippen LogP contribution in [0.15, 0.2) is 53.4 Å². The number of benzene rings is 2. The molecule has 27 heavy (non-hydrogen) atoms. The molecule has 0 radical (unpaired) electrons. The van der Waals surface area contributed by atoms with Crippen LogP contribution in [0, 0.1) is 12.3 Å². The van der Waals surface area contributed by atoms with E-state index in [0.717, 1.165) is 16.9 Å². The molecule has 1 saturated carbocycles. The largest absolute Gasteiger partial charge is 0.497 e. The molecule has 1 fully saturated rings. The number of hydrogen-bond donors (Lipinski definition) is 1. The predicted molar refractivity (Wildman–Crippen MR) is 106 cm³/mol. The van der Waals surface area contributed by atoms with Crippen LogP contribution in [-0.2, 0) is 14.6 Å². The van der Waals surface area contributed by atoms with Gasteiger partial charge in [0.25, 0.3) is 0 Å². The fourth-order valence-corrected chi connectivity index (χ4v) is 6.35. The molecule has 0 unspecified atom stereocenters. The molecule has 3 rings (SSSR count). The minimum absolute atomic E-state index is 0.203. The van der Waals surface area contributed by atoms with Crippen molar-refractivity contribution in [3.8, 4) is 5.75 Å². The van der Waals surface area contributed by atoms with E-state index < -0.39 is 20.5 Å². The monoisotopic (exact) mass is 389 g/mol. The number of ether oxygens (including phenoxy) is 2. The summed E-state index contributed by atoms with van der Waals surface area (Å²) in [4.78, 5) is 0.337. The molecule has 2 aromatic carbocycles. The first-order valence-corrected chi connectivity index (χ1v) is 10.7. The fourth-order valence-electron chi connectivity index (χ4n) is 3.90. The molecule has 0 amide bonds.